The molecule has 4 N–H and O–H groups in total. The summed E-state index contributed by atoms with van der Waals surface area (Å²) in [6, 6.07) is 8.51. The first-order chi connectivity index (χ1) is 14.1. The fourth-order valence-electron chi connectivity index (χ4n) is 4.14. The van der Waals surface area contributed by atoms with Crippen molar-refractivity contribution in [1.29, 1.82) is 0 Å². The van der Waals surface area contributed by atoms with Crippen LogP contribution in [0, 0.1) is 10.1 Å². The van der Waals surface area contributed by atoms with Gasteiger partial charge in [-0.15, -0.1) is 0 Å². The van der Waals surface area contributed by atoms with Crippen molar-refractivity contribution in [2.45, 2.75) is 57.7 Å². The number of amides is 1. The lowest BCUT2D eigenvalue weighted by molar-refractivity contribution is -0.383. The van der Waals surface area contributed by atoms with Crippen molar-refractivity contribution in [3.8, 4) is 0 Å². The number of carbonyl (C=O) groups is 1. The standard InChI is InChI=1S/C20H27N7O3/c1-19(2)10-14(11-20(3,4)26-19)23-16-15(27(29)30)17(22-12-21-16)24-25-18(28)13-8-6-5-7-9-13/h5-9,12,14,26H,10-11H2,1-4H3,(H,25,28)(H2,21,22,23,24). The van der Waals surface area contributed by atoms with Gasteiger partial charge in [-0.2, -0.15) is 0 Å². The molecule has 2 heterocycles. The van der Waals surface area contributed by atoms with Crippen LogP contribution in [0.5, 0.6) is 0 Å². The molecule has 160 valence electrons. The van der Waals surface area contributed by atoms with Crippen molar-refractivity contribution in [3.05, 3.63) is 52.3 Å². The van der Waals surface area contributed by atoms with E-state index in [2.05, 4.69) is 59.1 Å². The van der Waals surface area contributed by atoms with E-state index in [0.29, 0.717) is 5.56 Å². The Balaban J connectivity index is 1.79. The van der Waals surface area contributed by atoms with Gasteiger partial charge in [0.15, 0.2) is 0 Å². The Morgan fingerprint density at radius 1 is 1.10 bits per heavy atom. The zero-order valence-electron chi connectivity index (χ0n) is 17.5. The Labute approximate surface area is 175 Å². The number of piperidine rings is 1. The quantitative estimate of drug-likeness (QED) is 0.419. The molecule has 1 amide bonds. The van der Waals surface area contributed by atoms with Crippen LogP contribution in [0.3, 0.4) is 0 Å². The molecule has 10 heteroatoms. The number of hydrogen-bond donors (Lipinski definition) is 4. The molecule has 1 aromatic carbocycles. The lowest BCUT2D eigenvalue weighted by Crippen LogP contribution is -2.60. The highest BCUT2D eigenvalue weighted by atomic mass is 16.6. The third-order valence-corrected chi connectivity index (χ3v) is 4.87. The SMILES string of the molecule is CC1(C)CC(Nc2ncnc(NNC(=O)c3ccccc3)c2[N+](=O)[O-])CC(C)(C)N1. The lowest BCUT2D eigenvalue weighted by Gasteiger charge is -2.46. The Morgan fingerprint density at radius 3 is 2.30 bits per heavy atom. The minimum absolute atomic E-state index is 0.0170. The fourth-order valence-corrected chi connectivity index (χ4v) is 4.14. The molecule has 2 aromatic rings. The molecular formula is C20H27N7O3. The topological polar surface area (TPSA) is 134 Å². The minimum Gasteiger partial charge on any atom is -0.361 e. The van der Waals surface area contributed by atoms with E-state index in [1.165, 1.54) is 6.33 Å². The molecule has 0 radical (unpaired) electrons. The Bertz CT molecular complexity index is 915. The number of nitrogens with one attached hydrogen (secondary N) is 4. The predicted octanol–water partition coefficient (Wildman–Crippen LogP) is 2.86. The molecule has 10 nitrogen and oxygen atoms in total. The number of hydrazine groups is 1. The molecule has 0 atom stereocenters. The number of nitro groups is 1. The van der Waals surface area contributed by atoms with E-state index in [0.717, 1.165) is 12.8 Å². The second-order valence-corrected chi connectivity index (χ2v) is 8.76. The van der Waals surface area contributed by atoms with Crippen LogP contribution in [-0.2, 0) is 0 Å². The zero-order valence-corrected chi connectivity index (χ0v) is 17.5. The van der Waals surface area contributed by atoms with E-state index in [-0.39, 0.29) is 34.4 Å². The van der Waals surface area contributed by atoms with Gasteiger partial charge in [-0.3, -0.25) is 25.8 Å². The molecule has 1 aliphatic heterocycles. The van der Waals surface area contributed by atoms with Gasteiger partial charge in [-0.1, -0.05) is 18.2 Å². The van der Waals surface area contributed by atoms with Crippen LogP contribution in [0.15, 0.2) is 36.7 Å². The summed E-state index contributed by atoms with van der Waals surface area (Å²) < 4.78 is 0. The summed E-state index contributed by atoms with van der Waals surface area (Å²) in [6.45, 7) is 8.40. The molecule has 3 rings (SSSR count). The zero-order chi connectivity index (χ0) is 21.9. The number of carbonyl (C=O) groups excluding carboxylic acids is 1. The van der Waals surface area contributed by atoms with Gasteiger partial charge in [-0.25, -0.2) is 9.97 Å². The Morgan fingerprint density at radius 2 is 1.70 bits per heavy atom. The second kappa shape index (κ2) is 8.23. The van der Waals surface area contributed by atoms with Gasteiger partial charge in [0.25, 0.3) is 5.91 Å². The van der Waals surface area contributed by atoms with Crippen LogP contribution in [0.2, 0.25) is 0 Å². The highest BCUT2D eigenvalue weighted by Gasteiger charge is 2.38. The van der Waals surface area contributed by atoms with Crippen LogP contribution < -0.4 is 21.5 Å². The maximum atomic E-state index is 12.2. The normalized spacial score (nSPS) is 17.7. The van der Waals surface area contributed by atoms with E-state index in [1.807, 2.05) is 0 Å². The monoisotopic (exact) mass is 413 g/mol. The third-order valence-electron chi connectivity index (χ3n) is 4.87. The Kier molecular flexibility index (Phi) is 5.88. The summed E-state index contributed by atoms with van der Waals surface area (Å²) in [7, 11) is 0. The largest absolute Gasteiger partial charge is 0.361 e. The molecule has 0 saturated carbocycles. The molecule has 0 aliphatic carbocycles. The summed E-state index contributed by atoms with van der Waals surface area (Å²) >= 11 is 0. The molecule has 1 aliphatic rings. The van der Waals surface area contributed by atoms with E-state index in [1.54, 1.807) is 30.3 Å². The van der Waals surface area contributed by atoms with Crippen LogP contribution in [-0.4, -0.2) is 37.9 Å². The number of hydrogen-bond acceptors (Lipinski definition) is 8. The fraction of sp³-hybridized carbons (Fsp3) is 0.450. The van der Waals surface area contributed by atoms with Gasteiger partial charge >= 0.3 is 5.69 Å². The molecule has 0 unspecified atom stereocenters. The van der Waals surface area contributed by atoms with E-state index >= 15 is 0 Å². The Hall–Kier alpha value is -3.27. The first kappa shape index (κ1) is 21.4. The highest BCUT2D eigenvalue weighted by Crippen LogP contribution is 2.34. The number of benzene rings is 1. The third kappa shape index (κ3) is 5.20. The summed E-state index contributed by atoms with van der Waals surface area (Å²) in [5.41, 5.74) is 4.84. The van der Waals surface area contributed by atoms with Crippen molar-refractivity contribution in [1.82, 2.24) is 20.7 Å². The van der Waals surface area contributed by atoms with Gasteiger partial charge < -0.3 is 10.6 Å². The lowest BCUT2D eigenvalue weighted by atomic mass is 9.79. The molecule has 1 saturated heterocycles. The van der Waals surface area contributed by atoms with Crippen LogP contribution >= 0.6 is 0 Å². The maximum absolute atomic E-state index is 12.2. The highest BCUT2D eigenvalue weighted by molar-refractivity contribution is 5.95. The smallest absolute Gasteiger partial charge is 0.354 e. The van der Waals surface area contributed by atoms with Crippen molar-refractivity contribution < 1.29 is 9.72 Å². The summed E-state index contributed by atoms with van der Waals surface area (Å²) in [5, 5.41) is 18.6. The van der Waals surface area contributed by atoms with Gasteiger partial charge in [0.1, 0.15) is 6.33 Å². The predicted molar refractivity (Wildman–Crippen MR) is 114 cm³/mol. The molecule has 1 aromatic heterocycles. The molecule has 0 bridgehead atoms. The van der Waals surface area contributed by atoms with Gasteiger partial charge in [0.2, 0.25) is 11.6 Å². The first-order valence-corrected chi connectivity index (χ1v) is 9.73. The number of rotatable bonds is 6. The van der Waals surface area contributed by atoms with Crippen molar-refractivity contribution in [2.75, 3.05) is 10.7 Å². The van der Waals surface area contributed by atoms with Crippen molar-refractivity contribution >= 4 is 23.2 Å². The van der Waals surface area contributed by atoms with Gasteiger partial charge in [0.05, 0.1) is 4.92 Å². The molecular weight excluding hydrogens is 386 g/mol. The molecule has 1 fully saturated rings. The van der Waals surface area contributed by atoms with Crippen LogP contribution in [0.4, 0.5) is 17.3 Å². The minimum atomic E-state index is -0.559. The number of anilines is 2. The average Bonchev–Trinajstić information content (AvgIpc) is 2.64. The van der Waals surface area contributed by atoms with E-state index < -0.39 is 10.8 Å². The summed E-state index contributed by atoms with van der Waals surface area (Å²) in [5.74, 6) is -0.404. The summed E-state index contributed by atoms with van der Waals surface area (Å²) in [6.07, 6.45) is 2.76. The van der Waals surface area contributed by atoms with Gasteiger partial charge in [0, 0.05) is 22.7 Å². The molecule has 0 spiro atoms. The van der Waals surface area contributed by atoms with Crippen molar-refractivity contribution in [3.63, 3.8) is 0 Å². The average molecular weight is 413 g/mol. The van der Waals surface area contributed by atoms with Crippen LogP contribution in [0.25, 0.3) is 0 Å². The first-order valence-electron chi connectivity index (χ1n) is 9.73. The number of nitrogens with zero attached hydrogens (tertiary/aromatic N) is 3. The summed E-state index contributed by atoms with van der Waals surface area (Å²) in [4.78, 5) is 31.5. The van der Waals surface area contributed by atoms with Crippen LogP contribution in [0.1, 0.15) is 50.9 Å². The second-order valence-electron chi connectivity index (χ2n) is 8.76. The van der Waals surface area contributed by atoms with E-state index in [4.69, 9.17) is 0 Å². The van der Waals surface area contributed by atoms with E-state index in [9.17, 15) is 14.9 Å². The maximum Gasteiger partial charge on any atom is 0.354 e. The number of aromatic nitrogens is 2. The van der Waals surface area contributed by atoms with Crippen molar-refractivity contribution in [2.24, 2.45) is 0 Å². The van der Waals surface area contributed by atoms with Gasteiger partial charge in [-0.05, 0) is 52.7 Å². The molecule has 30 heavy (non-hydrogen) atoms.